The minimum Gasteiger partial charge on any atom is -0.368 e. The molecule has 1 heterocycles. The van der Waals surface area contributed by atoms with Gasteiger partial charge in [0.05, 0.1) is 0 Å². The summed E-state index contributed by atoms with van der Waals surface area (Å²) >= 11 is 0. The van der Waals surface area contributed by atoms with Gasteiger partial charge in [0.2, 0.25) is 5.91 Å². The van der Waals surface area contributed by atoms with E-state index in [-0.39, 0.29) is 11.9 Å². The van der Waals surface area contributed by atoms with Gasteiger partial charge in [-0.15, -0.1) is 0 Å². The van der Waals surface area contributed by atoms with E-state index in [1.807, 2.05) is 0 Å². The molecule has 10 heavy (non-hydrogen) atoms. The Hall–Kier alpha value is -0.570. The van der Waals surface area contributed by atoms with Gasteiger partial charge in [0, 0.05) is 6.54 Å². The van der Waals surface area contributed by atoms with Crippen molar-refractivity contribution in [2.24, 2.45) is 5.73 Å². The van der Waals surface area contributed by atoms with Crippen molar-refractivity contribution in [2.45, 2.75) is 25.8 Å². The van der Waals surface area contributed by atoms with Gasteiger partial charge in [-0.2, -0.15) is 0 Å². The lowest BCUT2D eigenvalue weighted by molar-refractivity contribution is -0.118. The fourth-order valence-electron chi connectivity index (χ4n) is 1.05. The fourth-order valence-corrected chi connectivity index (χ4v) is 1.05. The van der Waals surface area contributed by atoms with Crippen molar-refractivity contribution < 1.29 is 4.79 Å². The van der Waals surface area contributed by atoms with E-state index in [1.54, 1.807) is 0 Å². The largest absolute Gasteiger partial charge is 0.368 e. The minimum absolute atomic E-state index is 0.0616. The average Bonchev–Trinajstić information content (AvgIpc) is 2.62. The summed E-state index contributed by atoms with van der Waals surface area (Å²) in [6.07, 6.45) is 2.35. The molecule has 0 aliphatic carbocycles. The van der Waals surface area contributed by atoms with Crippen LogP contribution in [0.4, 0.5) is 0 Å². The highest BCUT2D eigenvalue weighted by molar-refractivity contribution is 5.82. The Morgan fingerprint density at radius 3 is 2.90 bits per heavy atom. The van der Waals surface area contributed by atoms with Crippen LogP contribution in [0, 0.1) is 0 Å². The first-order valence-electron chi connectivity index (χ1n) is 3.79. The van der Waals surface area contributed by atoms with Crippen molar-refractivity contribution in [3.63, 3.8) is 0 Å². The summed E-state index contributed by atoms with van der Waals surface area (Å²) in [5.41, 5.74) is 5.08. The monoisotopic (exact) mass is 142 g/mol. The molecular formula is C7H14N2O. The highest BCUT2D eigenvalue weighted by Crippen LogP contribution is 2.16. The van der Waals surface area contributed by atoms with Crippen LogP contribution in [0.15, 0.2) is 0 Å². The smallest absolute Gasteiger partial charge is 0.236 e. The Morgan fingerprint density at radius 2 is 2.50 bits per heavy atom. The van der Waals surface area contributed by atoms with Gasteiger partial charge in [-0.05, 0) is 13.0 Å². The van der Waals surface area contributed by atoms with Gasteiger partial charge in [-0.1, -0.05) is 13.3 Å². The number of unbranched alkanes of at least 4 members (excludes halogenated alkanes) is 1. The molecule has 0 aromatic carbocycles. The first-order valence-corrected chi connectivity index (χ1v) is 3.79. The van der Waals surface area contributed by atoms with Crippen LogP contribution in [-0.4, -0.2) is 29.9 Å². The molecule has 1 saturated heterocycles. The molecule has 2 N–H and O–H groups in total. The first-order chi connectivity index (χ1) is 4.75. The van der Waals surface area contributed by atoms with Crippen molar-refractivity contribution in [3.8, 4) is 0 Å². The van der Waals surface area contributed by atoms with Crippen LogP contribution in [0.2, 0.25) is 0 Å². The molecule has 1 amide bonds. The highest BCUT2D eigenvalue weighted by Gasteiger charge is 2.37. The first kappa shape index (κ1) is 7.54. The Bertz CT molecular complexity index is 136. The van der Waals surface area contributed by atoms with E-state index in [1.165, 1.54) is 12.8 Å². The average molecular weight is 142 g/mol. The van der Waals surface area contributed by atoms with Gasteiger partial charge in [-0.3, -0.25) is 9.69 Å². The molecule has 0 bridgehead atoms. The zero-order valence-electron chi connectivity index (χ0n) is 6.34. The highest BCUT2D eigenvalue weighted by atomic mass is 16.1. The zero-order valence-corrected chi connectivity index (χ0v) is 6.34. The lowest BCUT2D eigenvalue weighted by Crippen LogP contribution is -2.22. The number of primary amides is 1. The molecule has 1 aliphatic heterocycles. The second-order valence-electron chi connectivity index (χ2n) is 2.77. The van der Waals surface area contributed by atoms with Crippen LogP contribution in [-0.2, 0) is 4.79 Å². The maximum atomic E-state index is 10.5. The molecule has 2 atom stereocenters. The van der Waals surface area contributed by atoms with Crippen molar-refractivity contribution in [3.05, 3.63) is 0 Å². The number of amides is 1. The van der Waals surface area contributed by atoms with Gasteiger partial charge >= 0.3 is 0 Å². The summed E-state index contributed by atoms with van der Waals surface area (Å²) in [6.45, 7) is 4.06. The number of carbonyl (C=O) groups excluding carboxylic acids is 1. The van der Waals surface area contributed by atoms with Crippen LogP contribution in [0.5, 0.6) is 0 Å². The summed E-state index contributed by atoms with van der Waals surface area (Å²) in [6, 6.07) is 0.0616. The predicted molar refractivity (Wildman–Crippen MR) is 39.5 cm³/mol. The molecule has 1 fully saturated rings. The summed E-state index contributed by atoms with van der Waals surface area (Å²) < 4.78 is 0. The molecule has 3 nitrogen and oxygen atoms in total. The number of nitrogens with zero attached hydrogens (tertiary/aromatic N) is 1. The van der Waals surface area contributed by atoms with Crippen LogP contribution >= 0.6 is 0 Å². The Kier molecular flexibility index (Phi) is 2.27. The third kappa shape index (κ3) is 1.70. The zero-order chi connectivity index (χ0) is 7.56. The summed E-state index contributed by atoms with van der Waals surface area (Å²) in [5.74, 6) is -0.170. The number of rotatable bonds is 4. The third-order valence-corrected chi connectivity index (χ3v) is 1.84. The van der Waals surface area contributed by atoms with Crippen LogP contribution < -0.4 is 5.73 Å². The second kappa shape index (κ2) is 3.01. The third-order valence-electron chi connectivity index (χ3n) is 1.84. The van der Waals surface area contributed by atoms with E-state index in [2.05, 4.69) is 11.8 Å². The Morgan fingerprint density at radius 1 is 1.80 bits per heavy atom. The van der Waals surface area contributed by atoms with Gasteiger partial charge in [0.15, 0.2) is 0 Å². The number of hydrogen-bond donors (Lipinski definition) is 1. The number of hydrogen-bond acceptors (Lipinski definition) is 2. The van der Waals surface area contributed by atoms with E-state index in [9.17, 15) is 4.79 Å². The van der Waals surface area contributed by atoms with E-state index < -0.39 is 0 Å². The van der Waals surface area contributed by atoms with Crippen molar-refractivity contribution in [1.82, 2.24) is 4.90 Å². The minimum atomic E-state index is -0.170. The normalized spacial score (nSPS) is 30.1. The quantitative estimate of drug-likeness (QED) is 0.560. The van der Waals surface area contributed by atoms with Gasteiger partial charge in [0.1, 0.15) is 6.04 Å². The molecule has 1 rings (SSSR count). The molecule has 3 heteroatoms. The van der Waals surface area contributed by atoms with Gasteiger partial charge in [0.25, 0.3) is 0 Å². The SMILES string of the molecule is CCCCN1CC1C(N)=O. The van der Waals surface area contributed by atoms with E-state index in [0.717, 1.165) is 13.1 Å². The van der Waals surface area contributed by atoms with Gasteiger partial charge < -0.3 is 5.73 Å². The molecular weight excluding hydrogens is 128 g/mol. The molecule has 0 aromatic rings. The maximum Gasteiger partial charge on any atom is 0.236 e. The van der Waals surface area contributed by atoms with Crippen LogP contribution in [0.25, 0.3) is 0 Å². The topological polar surface area (TPSA) is 46.1 Å². The second-order valence-corrected chi connectivity index (χ2v) is 2.77. The predicted octanol–water partition coefficient (Wildman–Crippen LogP) is -0.0440. The lowest BCUT2D eigenvalue weighted by Gasteiger charge is -1.97. The van der Waals surface area contributed by atoms with E-state index in [4.69, 9.17) is 5.73 Å². The molecule has 0 aromatic heterocycles. The molecule has 58 valence electrons. The van der Waals surface area contributed by atoms with Gasteiger partial charge in [-0.25, -0.2) is 0 Å². The number of carbonyl (C=O) groups is 1. The molecule has 2 unspecified atom stereocenters. The van der Waals surface area contributed by atoms with E-state index >= 15 is 0 Å². The van der Waals surface area contributed by atoms with Crippen molar-refractivity contribution >= 4 is 5.91 Å². The maximum absolute atomic E-state index is 10.5. The summed E-state index contributed by atoms with van der Waals surface area (Å²) in [7, 11) is 0. The molecule has 0 saturated carbocycles. The fraction of sp³-hybridized carbons (Fsp3) is 0.857. The Balaban J connectivity index is 2.08. The standard InChI is InChI=1S/C7H14N2O/c1-2-3-4-9-5-6(9)7(8)10/h6H,2-5H2,1H3,(H2,8,10). The van der Waals surface area contributed by atoms with Crippen LogP contribution in [0.1, 0.15) is 19.8 Å². The van der Waals surface area contributed by atoms with Crippen molar-refractivity contribution in [2.75, 3.05) is 13.1 Å². The molecule has 0 radical (unpaired) electrons. The molecule has 1 aliphatic rings. The molecule has 0 spiro atoms. The summed E-state index contributed by atoms with van der Waals surface area (Å²) in [4.78, 5) is 12.6. The Labute approximate surface area is 61.2 Å². The lowest BCUT2D eigenvalue weighted by atomic mass is 10.3. The van der Waals surface area contributed by atoms with E-state index in [0.29, 0.717) is 0 Å². The summed E-state index contributed by atoms with van der Waals surface area (Å²) in [5, 5.41) is 0. The van der Waals surface area contributed by atoms with Crippen molar-refractivity contribution in [1.29, 1.82) is 0 Å². The van der Waals surface area contributed by atoms with Crippen LogP contribution in [0.3, 0.4) is 0 Å². The number of nitrogens with two attached hydrogens (primary N) is 1.